The maximum Gasteiger partial charge on any atom is 0.0499 e. The normalized spacial score (nSPS) is 15.0. The van der Waals surface area contributed by atoms with Crippen LogP contribution in [0.3, 0.4) is 0 Å². The zero-order valence-electron chi connectivity index (χ0n) is 12.7. The van der Waals surface area contributed by atoms with Gasteiger partial charge in [0.2, 0.25) is 0 Å². The highest BCUT2D eigenvalue weighted by molar-refractivity contribution is 6.35. The smallest absolute Gasteiger partial charge is 0.0499 e. The lowest BCUT2D eigenvalue weighted by Gasteiger charge is -2.28. The van der Waals surface area contributed by atoms with E-state index in [1.54, 1.807) is 6.07 Å². The summed E-state index contributed by atoms with van der Waals surface area (Å²) in [6.07, 6.45) is 7.51. The topological polar surface area (TPSA) is 6.48 Å². The molecule has 2 rings (SSSR count). The molecule has 0 aliphatic heterocycles. The van der Waals surface area contributed by atoms with Gasteiger partial charge in [-0.3, -0.25) is 0 Å². The molecule has 0 saturated heterocycles. The van der Waals surface area contributed by atoms with Gasteiger partial charge in [0.1, 0.15) is 0 Å². The summed E-state index contributed by atoms with van der Waals surface area (Å²) in [5.41, 5.74) is 3.41. The molecule has 1 aromatic rings. The van der Waals surface area contributed by atoms with Crippen molar-refractivity contribution < 1.29 is 0 Å². The van der Waals surface area contributed by atoms with E-state index in [0.717, 1.165) is 30.6 Å². The lowest BCUT2D eigenvalue weighted by molar-refractivity contribution is 0.331. The first-order valence-corrected chi connectivity index (χ1v) is 7.80. The molecule has 1 radical (unpaired) electrons. The standard InChI is InChI=1S/C17H21Cl2N2/c1-20(2)10-11-21(3)17-7-5-4-6-15(17)14-9-8-13(18)12-16(14)19/h4,6-9,12H,5,10-11H2,1-3H3. The van der Waals surface area contributed by atoms with Crippen molar-refractivity contribution in [2.24, 2.45) is 0 Å². The van der Waals surface area contributed by atoms with Crippen molar-refractivity contribution >= 4 is 28.8 Å². The van der Waals surface area contributed by atoms with Crippen molar-refractivity contribution in [1.29, 1.82) is 0 Å². The first-order valence-electron chi connectivity index (χ1n) is 7.04. The molecule has 0 amide bonds. The molecule has 1 aliphatic rings. The maximum absolute atomic E-state index is 6.37. The molecule has 4 heteroatoms. The van der Waals surface area contributed by atoms with E-state index in [9.17, 15) is 0 Å². The van der Waals surface area contributed by atoms with Crippen molar-refractivity contribution in [3.05, 3.63) is 58.1 Å². The quantitative estimate of drug-likeness (QED) is 0.794. The summed E-state index contributed by atoms with van der Waals surface area (Å²) >= 11 is 12.4. The zero-order valence-corrected chi connectivity index (χ0v) is 14.2. The third kappa shape index (κ3) is 4.26. The fraction of sp³-hybridized carbons (Fsp3) is 0.353. The van der Waals surface area contributed by atoms with Gasteiger partial charge in [0.05, 0.1) is 0 Å². The van der Waals surface area contributed by atoms with Gasteiger partial charge in [0, 0.05) is 47.0 Å². The number of halogens is 2. The van der Waals surface area contributed by atoms with Crippen molar-refractivity contribution in [2.45, 2.75) is 6.42 Å². The number of hydrogen-bond donors (Lipinski definition) is 0. The van der Waals surface area contributed by atoms with Gasteiger partial charge in [-0.1, -0.05) is 41.4 Å². The van der Waals surface area contributed by atoms with Crippen LogP contribution in [0.15, 0.2) is 36.0 Å². The molecule has 0 unspecified atom stereocenters. The highest BCUT2D eigenvalue weighted by Gasteiger charge is 2.17. The van der Waals surface area contributed by atoms with Gasteiger partial charge in [-0.25, -0.2) is 0 Å². The fourth-order valence-electron chi connectivity index (χ4n) is 2.33. The van der Waals surface area contributed by atoms with Gasteiger partial charge in [-0.05, 0) is 39.1 Å². The fourth-order valence-corrected chi connectivity index (χ4v) is 2.84. The molecule has 2 nitrogen and oxygen atoms in total. The summed E-state index contributed by atoms with van der Waals surface area (Å²) in [4.78, 5) is 4.47. The zero-order chi connectivity index (χ0) is 15.4. The van der Waals surface area contributed by atoms with Gasteiger partial charge in [-0.15, -0.1) is 0 Å². The van der Waals surface area contributed by atoms with Gasteiger partial charge in [0.25, 0.3) is 0 Å². The summed E-state index contributed by atoms with van der Waals surface area (Å²) in [5, 5.41) is 1.35. The van der Waals surface area contributed by atoms with Crippen LogP contribution in [-0.4, -0.2) is 44.0 Å². The van der Waals surface area contributed by atoms with E-state index < -0.39 is 0 Å². The molecule has 0 spiro atoms. The van der Waals surface area contributed by atoms with Crippen LogP contribution in [0.25, 0.3) is 5.57 Å². The number of nitrogens with zero attached hydrogens (tertiary/aromatic N) is 2. The molecule has 21 heavy (non-hydrogen) atoms. The lowest BCUT2D eigenvalue weighted by atomic mass is 9.95. The second kappa shape index (κ2) is 7.35. The summed E-state index contributed by atoms with van der Waals surface area (Å²) < 4.78 is 0. The monoisotopic (exact) mass is 323 g/mol. The third-order valence-electron chi connectivity index (χ3n) is 3.52. The maximum atomic E-state index is 6.37. The van der Waals surface area contributed by atoms with Crippen LogP contribution in [0, 0.1) is 6.42 Å². The molecule has 0 aromatic heterocycles. The molecule has 0 heterocycles. The van der Waals surface area contributed by atoms with Crippen LogP contribution in [0.2, 0.25) is 10.0 Å². The average molecular weight is 324 g/mol. The highest BCUT2D eigenvalue weighted by atomic mass is 35.5. The van der Waals surface area contributed by atoms with Crippen molar-refractivity contribution in [1.82, 2.24) is 9.80 Å². The molecule has 1 aliphatic carbocycles. The van der Waals surface area contributed by atoms with Gasteiger partial charge in [0.15, 0.2) is 0 Å². The Morgan fingerprint density at radius 1 is 1.10 bits per heavy atom. The average Bonchev–Trinajstić information content (AvgIpc) is 2.45. The van der Waals surface area contributed by atoms with Crippen LogP contribution in [0.1, 0.15) is 12.0 Å². The predicted molar refractivity (Wildman–Crippen MR) is 92.6 cm³/mol. The molecule has 0 atom stereocenters. The molecule has 1 aromatic carbocycles. The highest BCUT2D eigenvalue weighted by Crippen LogP contribution is 2.35. The van der Waals surface area contributed by atoms with Gasteiger partial charge in [-0.2, -0.15) is 0 Å². The minimum atomic E-state index is 0.663. The SMILES string of the molecule is CN(C)CCN(C)C1=CC[CH]C=C1c1ccc(Cl)cc1Cl. The summed E-state index contributed by atoms with van der Waals surface area (Å²) in [7, 11) is 6.30. The Morgan fingerprint density at radius 3 is 2.52 bits per heavy atom. The Balaban J connectivity index is 2.24. The Kier molecular flexibility index (Phi) is 5.74. The Hall–Kier alpha value is -0.960. The Bertz CT molecular complexity index is 562. The van der Waals surface area contributed by atoms with E-state index in [1.165, 1.54) is 5.70 Å². The molecular weight excluding hydrogens is 303 g/mol. The van der Waals surface area contributed by atoms with E-state index in [2.05, 4.69) is 49.5 Å². The first kappa shape index (κ1) is 16.4. The molecule has 0 fully saturated rings. The summed E-state index contributed by atoms with van der Waals surface area (Å²) in [6.45, 7) is 1.99. The Labute approximate surface area is 137 Å². The summed E-state index contributed by atoms with van der Waals surface area (Å²) in [6, 6.07) is 5.67. The van der Waals surface area contributed by atoms with E-state index >= 15 is 0 Å². The van der Waals surface area contributed by atoms with Crippen LogP contribution in [0.5, 0.6) is 0 Å². The van der Waals surface area contributed by atoms with E-state index in [-0.39, 0.29) is 0 Å². The van der Waals surface area contributed by atoms with Crippen LogP contribution >= 0.6 is 23.2 Å². The van der Waals surface area contributed by atoms with Gasteiger partial charge >= 0.3 is 0 Å². The Morgan fingerprint density at radius 2 is 1.86 bits per heavy atom. The second-order valence-electron chi connectivity index (χ2n) is 5.49. The van der Waals surface area contributed by atoms with E-state index in [4.69, 9.17) is 23.2 Å². The van der Waals surface area contributed by atoms with E-state index in [0.29, 0.717) is 10.0 Å². The lowest BCUT2D eigenvalue weighted by Crippen LogP contribution is -2.29. The van der Waals surface area contributed by atoms with Gasteiger partial charge < -0.3 is 9.80 Å². The molecule has 0 N–H and O–H groups in total. The third-order valence-corrected chi connectivity index (χ3v) is 4.07. The van der Waals surface area contributed by atoms with E-state index in [1.807, 2.05) is 12.1 Å². The number of benzene rings is 1. The minimum absolute atomic E-state index is 0.663. The van der Waals surface area contributed by atoms with Crippen molar-refractivity contribution in [3.63, 3.8) is 0 Å². The van der Waals surface area contributed by atoms with Crippen molar-refractivity contribution in [3.8, 4) is 0 Å². The van der Waals surface area contributed by atoms with Crippen LogP contribution in [0.4, 0.5) is 0 Å². The molecule has 0 saturated carbocycles. The van der Waals surface area contributed by atoms with Crippen LogP contribution < -0.4 is 0 Å². The molecule has 0 bridgehead atoms. The largest absolute Gasteiger partial charge is 0.373 e. The first-order chi connectivity index (χ1) is 9.99. The van der Waals surface area contributed by atoms with Crippen molar-refractivity contribution in [2.75, 3.05) is 34.2 Å². The number of allylic oxidation sites excluding steroid dienone is 3. The number of likely N-dealkylation sites (N-methyl/N-ethyl adjacent to an activating group) is 2. The van der Waals surface area contributed by atoms with Crippen LogP contribution in [-0.2, 0) is 0 Å². The summed E-state index contributed by atoms with van der Waals surface area (Å²) in [5.74, 6) is 0. The number of rotatable bonds is 5. The predicted octanol–water partition coefficient (Wildman–Crippen LogP) is 4.36. The molecule has 113 valence electrons. The minimum Gasteiger partial charge on any atom is -0.373 e. The second-order valence-corrected chi connectivity index (χ2v) is 6.33. The molecular formula is C17H21Cl2N2. The number of hydrogen-bond acceptors (Lipinski definition) is 2.